The lowest BCUT2D eigenvalue weighted by Crippen LogP contribution is -2.38. The second kappa shape index (κ2) is 8.15. The van der Waals surface area contributed by atoms with Crippen molar-refractivity contribution in [2.45, 2.75) is 25.5 Å². The van der Waals surface area contributed by atoms with Gasteiger partial charge in [0, 0.05) is 6.54 Å². The molecule has 0 amide bonds. The van der Waals surface area contributed by atoms with Crippen molar-refractivity contribution in [2.24, 2.45) is 0 Å². The molecule has 1 aliphatic rings. The maximum Gasteiger partial charge on any atom is 0.323 e. The van der Waals surface area contributed by atoms with Gasteiger partial charge in [0.1, 0.15) is 12.8 Å². The van der Waals surface area contributed by atoms with Crippen molar-refractivity contribution >= 4 is 18.4 Å². The van der Waals surface area contributed by atoms with Gasteiger partial charge in [0.2, 0.25) is 0 Å². The van der Waals surface area contributed by atoms with E-state index in [1.165, 1.54) is 7.11 Å². The number of rotatable bonds is 5. The summed E-state index contributed by atoms with van der Waals surface area (Å²) >= 11 is 0. The second-order valence-corrected chi connectivity index (χ2v) is 4.46. The standard InChI is InChI=1S/C14H19NO3.ClH/c1-17-14(16)13-8-5-9-15(13)11-18-10-12-6-3-2-4-7-12;/h2-4,6-7,13H,5,8-11H2,1H3;1H/t13-;/m0./s1. The number of carbonyl (C=O) groups excluding carboxylic acids is 1. The monoisotopic (exact) mass is 285 g/mol. The summed E-state index contributed by atoms with van der Waals surface area (Å²) in [6.45, 7) is 1.95. The van der Waals surface area contributed by atoms with E-state index in [-0.39, 0.29) is 24.4 Å². The molecule has 4 nitrogen and oxygen atoms in total. The van der Waals surface area contributed by atoms with Crippen LogP contribution >= 0.6 is 12.4 Å². The van der Waals surface area contributed by atoms with E-state index in [0.29, 0.717) is 13.3 Å². The highest BCUT2D eigenvalue weighted by atomic mass is 35.5. The van der Waals surface area contributed by atoms with Crippen molar-refractivity contribution < 1.29 is 14.3 Å². The molecule has 5 heteroatoms. The number of benzene rings is 1. The lowest BCUT2D eigenvalue weighted by atomic mass is 10.2. The zero-order chi connectivity index (χ0) is 12.8. The third-order valence-electron chi connectivity index (χ3n) is 3.21. The van der Waals surface area contributed by atoms with E-state index < -0.39 is 0 Å². The maximum absolute atomic E-state index is 11.5. The summed E-state index contributed by atoms with van der Waals surface area (Å²) in [5.74, 6) is -0.157. The van der Waals surface area contributed by atoms with E-state index in [1.807, 2.05) is 35.2 Å². The van der Waals surface area contributed by atoms with Crippen molar-refractivity contribution in [2.75, 3.05) is 20.4 Å². The molecule has 0 unspecified atom stereocenters. The topological polar surface area (TPSA) is 38.8 Å². The number of likely N-dealkylation sites (tertiary alicyclic amines) is 1. The fraction of sp³-hybridized carbons (Fsp3) is 0.500. The first kappa shape index (κ1) is 16.0. The minimum Gasteiger partial charge on any atom is -0.468 e. The Morgan fingerprint density at radius 2 is 2.11 bits per heavy atom. The summed E-state index contributed by atoms with van der Waals surface area (Å²) in [6, 6.07) is 9.89. The van der Waals surface area contributed by atoms with Gasteiger partial charge in [-0.3, -0.25) is 9.69 Å². The quantitative estimate of drug-likeness (QED) is 0.778. The molecule has 1 aromatic rings. The van der Waals surface area contributed by atoms with Crippen LogP contribution in [0.5, 0.6) is 0 Å². The van der Waals surface area contributed by atoms with Crippen LogP contribution in [-0.2, 0) is 20.9 Å². The average Bonchev–Trinajstić information content (AvgIpc) is 2.87. The van der Waals surface area contributed by atoms with Crippen LogP contribution in [0.4, 0.5) is 0 Å². The van der Waals surface area contributed by atoms with Crippen LogP contribution in [0, 0.1) is 0 Å². The molecule has 0 N–H and O–H groups in total. The SMILES string of the molecule is COC(=O)[C@@H]1CCCN1COCc1ccccc1.Cl. The van der Waals surface area contributed by atoms with Gasteiger partial charge in [-0.15, -0.1) is 12.4 Å². The maximum atomic E-state index is 11.5. The summed E-state index contributed by atoms with van der Waals surface area (Å²) in [6.07, 6.45) is 1.88. The molecule has 1 fully saturated rings. The van der Waals surface area contributed by atoms with Gasteiger partial charge in [0.05, 0.1) is 13.7 Å². The van der Waals surface area contributed by atoms with Gasteiger partial charge in [-0.2, -0.15) is 0 Å². The smallest absolute Gasteiger partial charge is 0.323 e. The molecule has 106 valence electrons. The van der Waals surface area contributed by atoms with Crippen molar-refractivity contribution in [3.63, 3.8) is 0 Å². The Kier molecular flexibility index (Phi) is 6.84. The van der Waals surface area contributed by atoms with E-state index in [4.69, 9.17) is 9.47 Å². The van der Waals surface area contributed by atoms with Crippen LogP contribution in [0.3, 0.4) is 0 Å². The molecule has 0 spiro atoms. The molecule has 1 heterocycles. The molecule has 0 radical (unpaired) electrons. The average molecular weight is 286 g/mol. The Balaban J connectivity index is 0.00000180. The number of hydrogen-bond donors (Lipinski definition) is 0. The summed E-state index contributed by atoms with van der Waals surface area (Å²) in [5.41, 5.74) is 1.14. The van der Waals surface area contributed by atoms with Crippen molar-refractivity contribution in [1.82, 2.24) is 4.90 Å². The van der Waals surface area contributed by atoms with Crippen LogP contribution in [0.25, 0.3) is 0 Å². The Morgan fingerprint density at radius 3 is 2.79 bits per heavy atom. The molecule has 19 heavy (non-hydrogen) atoms. The van der Waals surface area contributed by atoms with Gasteiger partial charge in [-0.1, -0.05) is 30.3 Å². The first-order valence-corrected chi connectivity index (χ1v) is 6.25. The predicted molar refractivity (Wildman–Crippen MR) is 75.1 cm³/mol. The van der Waals surface area contributed by atoms with Gasteiger partial charge in [-0.05, 0) is 18.4 Å². The van der Waals surface area contributed by atoms with E-state index in [2.05, 4.69) is 0 Å². The molecule has 0 saturated carbocycles. The Bertz CT molecular complexity index is 386. The largest absolute Gasteiger partial charge is 0.468 e. The first-order chi connectivity index (χ1) is 8.81. The molecule has 1 saturated heterocycles. The number of ether oxygens (including phenoxy) is 2. The van der Waals surface area contributed by atoms with Crippen LogP contribution in [0.2, 0.25) is 0 Å². The summed E-state index contributed by atoms with van der Waals surface area (Å²) in [5, 5.41) is 0. The van der Waals surface area contributed by atoms with Crippen LogP contribution in [0.15, 0.2) is 30.3 Å². The summed E-state index contributed by atoms with van der Waals surface area (Å²) < 4.78 is 10.4. The Hall–Kier alpha value is -1.10. The fourth-order valence-corrected chi connectivity index (χ4v) is 2.24. The molecule has 0 aliphatic carbocycles. The number of methoxy groups -OCH3 is 1. The van der Waals surface area contributed by atoms with E-state index >= 15 is 0 Å². The lowest BCUT2D eigenvalue weighted by Gasteiger charge is -2.21. The van der Waals surface area contributed by atoms with Crippen LogP contribution < -0.4 is 0 Å². The van der Waals surface area contributed by atoms with Crippen molar-refractivity contribution in [3.05, 3.63) is 35.9 Å². The van der Waals surface area contributed by atoms with E-state index in [1.54, 1.807) is 0 Å². The van der Waals surface area contributed by atoms with Gasteiger partial charge in [-0.25, -0.2) is 0 Å². The van der Waals surface area contributed by atoms with Gasteiger partial charge >= 0.3 is 5.97 Å². The Morgan fingerprint density at radius 1 is 1.37 bits per heavy atom. The fourth-order valence-electron chi connectivity index (χ4n) is 2.24. The zero-order valence-electron chi connectivity index (χ0n) is 11.1. The highest BCUT2D eigenvalue weighted by Crippen LogP contribution is 2.18. The number of carbonyl (C=O) groups is 1. The molecule has 0 aromatic heterocycles. The molecule has 1 aliphatic heterocycles. The minimum absolute atomic E-state index is 0. The highest BCUT2D eigenvalue weighted by molar-refractivity contribution is 5.85. The molecule has 1 atom stereocenters. The second-order valence-electron chi connectivity index (χ2n) is 4.46. The highest BCUT2D eigenvalue weighted by Gasteiger charge is 2.31. The molecular weight excluding hydrogens is 266 g/mol. The number of halogens is 1. The first-order valence-electron chi connectivity index (χ1n) is 6.25. The number of esters is 1. The third-order valence-corrected chi connectivity index (χ3v) is 3.21. The number of hydrogen-bond acceptors (Lipinski definition) is 4. The molecule has 2 rings (SSSR count). The van der Waals surface area contributed by atoms with Crippen LogP contribution in [-0.4, -0.2) is 37.3 Å². The van der Waals surface area contributed by atoms with Crippen LogP contribution in [0.1, 0.15) is 18.4 Å². The predicted octanol–water partition coefficient (Wildman–Crippen LogP) is 2.22. The van der Waals surface area contributed by atoms with E-state index in [9.17, 15) is 4.79 Å². The Labute approximate surface area is 120 Å². The van der Waals surface area contributed by atoms with Gasteiger partial charge < -0.3 is 9.47 Å². The minimum atomic E-state index is -0.157. The zero-order valence-corrected chi connectivity index (χ0v) is 11.9. The molecule has 1 aromatic carbocycles. The van der Waals surface area contributed by atoms with Crippen molar-refractivity contribution in [1.29, 1.82) is 0 Å². The van der Waals surface area contributed by atoms with Gasteiger partial charge in [0.15, 0.2) is 0 Å². The third kappa shape index (κ3) is 4.49. The summed E-state index contributed by atoms with van der Waals surface area (Å²) in [7, 11) is 1.43. The number of nitrogens with zero attached hydrogens (tertiary/aromatic N) is 1. The lowest BCUT2D eigenvalue weighted by molar-refractivity contribution is -0.148. The molecular formula is C14H20ClNO3. The normalized spacial score (nSPS) is 18.9. The van der Waals surface area contributed by atoms with Crippen molar-refractivity contribution in [3.8, 4) is 0 Å². The van der Waals surface area contributed by atoms with E-state index in [0.717, 1.165) is 24.9 Å². The molecule has 0 bridgehead atoms. The van der Waals surface area contributed by atoms with Gasteiger partial charge in [0.25, 0.3) is 0 Å². The summed E-state index contributed by atoms with van der Waals surface area (Å²) in [4.78, 5) is 13.6.